The van der Waals surface area contributed by atoms with Crippen LogP contribution in [0.15, 0.2) is 67.3 Å². The fraction of sp³-hybridized carbons (Fsp3) is 0.211. The van der Waals surface area contributed by atoms with Gasteiger partial charge in [0.25, 0.3) is 5.09 Å². The zero-order valence-corrected chi connectivity index (χ0v) is 16.7. The molecule has 1 N–H and O–H groups in total. The van der Waals surface area contributed by atoms with Gasteiger partial charge in [-0.15, -0.1) is 10.1 Å². The van der Waals surface area contributed by atoms with Gasteiger partial charge >= 0.3 is 0 Å². The SMILES string of the molecule is Clc1ccc(C(Cn2ccnc2)OCCOc2ccccc2)c(Cl)c1.O=[N+]([O-])O. The molecule has 0 amide bonds. The summed E-state index contributed by atoms with van der Waals surface area (Å²) in [6, 6.07) is 15.1. The van der Waals surface area contributed by atoms with E-state index in [4.69, 9.17) is 48.0 Å². The minimum atomic E-state index is -1.50. The Balaban J connectivity index is 0.000000687. The highest BCUT2D eigenvalue weighted by molar-refractivity contribution is 6.35. The van der Waals surface area contributed by atoms with Gasteiger partial charge in [0.2, 0.25) is 0 Å². The van der Waals surface area contributed by atoms with E-state index in [2.05, 4.69) is 4.98 Å². The third-order valence-electron chi connectivity index (χ3n) is 3.66. The summed E-state index contributed by atoms with van der Waals surface area (Å²) in [6.45, 7) is 1.50. The second-order valence-electron chi connectivity index (χ2n) is 5.68. The second kappa shape index (κ2) is 11.9. The molecule has 0 aliphatic heterocycles. The van der Waals surface area contributed by atoms with Gasteiger partial charge in [-0.05, 0) is 24.3 Å². The lowest BCUT2D eigenvalue weighted by atomic mass is 10.1. The molecule has 3 aromatic rings. The molecule has 0 bridgehead atoms. The third-order valence-corrected chi connectivity index (χ3v) is 4.22. The lowest BCUT2D eigenvalue weighted by Gasteiger charge is -2.20. The van der Waals surface area contributed by atoms with Gasteiger partial charge in [-0.2, -0.15) is 0 Å². The Morgan fingerprint density at radius 2 is 1.90 bits per heavy atom. The van der Waals surface area contributed by atoms with E-state index in [1.165, 1.54) is 0 Å². The van der Waals surface area contributed by atoms with Crippen molar-refractivity contribution in [2.75, 3.05) is 13.2 Å². The minimum Gasteiger partial charge on any atom is -0.491 e. The van der Waals surface area contributed by atoms with Crippen LogP contribution in [0.25, 0.3) is 0 Å². The summed E-state index contributed by atoms with van der Waals surface area (Å²) in [7, 11) is 0. The number of hydrogen-bond donors (Lipinski definition) is 1. The van der Waals surface area contributed by atoms with E-state index in [1.54, 1.807) is 18.6 Å². The first kappa shape index (κ1) is 22.5. The molecule has 1 aromatic heterocycles. The first-order chi connectivity index (χ1) is 14.0. The van der Waals surface area contributed by atoms with Crippen LogP contribution in [-0.4, -0.2) is 33.1 Å². The van der Waals surface area contributed by atoms with Crippen LogP contribution in [0.2, 0.25) is 10.0 Å². The zero-order valence-electron chi connectivity index (χ0n) is 15.2. The molecule has 0 spiro atoms. The first-order valence-corrected chi connectivity index (χ1v) is 9.24. The summed E-state index contributed by atoms with van der Waals surface area (Å²) in [5.41, 5.74) is 0.888. The predicted molar refractivity (Wildman–Crippen MR) is 108 cm³/mol. The van der Waals surface area contributed by atoms with Crippen molar-refractivity contribution in [3.63, 3.8) is 0 Å². The van der Waals surface area contributed by atoms with E-state index in [1.807, 2.05) is 53.2 Å². The highest BCUT2D eigenvalue weighted by atomic mass is 35.5. The van der Waals surface area contributed by atoms with Crippen LogP contribution in [0.4, 0.5) is 0 Å². The fourth-order valence-corrected chi connectivity index (χ4v) is 2.99. The number of nitrogens with zero attached hydrogens (tertiary/aromatic N) is 3. The summed E-state index contributed by atoms with van der Waals surface area (Å²) in [5, 5.41) is 14.8. The lowest BCUT2D eigenvalue weighted by Crippen LogP contribution is -2.16. The maximum absolute atomic E-state index is 8.36. The number of ether oxygens (including phenoxy) is 2. The molecule has 154 valence electrons. The van der Waals surface area contributed by atoms with E-state index in [9.17, 15) is 0 Å². The largest absolute Gasteiger partial charge is 0.491 e. The van der Waals surface area contributed by atoms with Crippen molar-refractivity contribution in [3.8, 4) is 5.75 Å². The fourth-order valence-electron chi connectivity index (χ4n) is 2.46. The Morgan fingerprint density at radius 3 is 2.52 bits per heavy atom. The molecule has 2 aromatic carbocycles. The van der Waals surface area contributed by atoms with E-state index in [0.29, 0.717) is 29.8 Å². The van der Waals surface area contributed by atoms with Gasteiger partial charge in [-0.25, -0.2) is 4.98 Å². The molecule has 1 unspecified atom stereocenters. The third kappa shape index (κ3) is 8.39. The molecular weight excluding hydrogens is 421 g/mol. The average molecular weight is 440 g/mol. The molecule has 29 heavy (non-hydrogen) atoms. The predicted octanol–water partition coefficient (Wildman–Crippen LogP) is 4.68. The molecule has 0 aliphatic carbocycles. The van der Waals surface area contributed by atoms with Crippen molar-refractivity contribution in [1.29, 1.82) is 0 Å². The number of halogens is 2. The van der Waals surface area contributed by atoms with Gasteiger partial charge in [-0.3, -0.25) is 0 Å². The molecule has 1 atom stereocenters. The topological polar surface area (TPSA) is 99.7 Å². The van der Waals surface area contributed by atoms with Gasteiger partial charge in [0, 0.05) is 28.0 Å². The van der Waals surface area contributed by atoms with Crippen molar-refractivity contribution in [2.45, 2.75) is 12.6 Å². The van der Waals surface area contributed by atoms with E-state index < -0.39 is 5.09 Å². The molecule has 10 heteroatoms. The normalized spacial score (nSPS) is 11.2. The Morgan fingerprint density at radius 1 is 1.17 bits per heavy atom. The Hall–Kier alpha value is -2.81. The number of aromatic nitrogens is 2. The summed E-state index contributed by atoms with van der Waals surface area (Å²) >= 11 is 12.4. The van der Waals surface area contributed by atoms with Gasteiger partial charge in [0.05, 0.1) is 19.5 Å². The summed E-state index contributed by atoms with van der Waals surface area (Å²) in [4.78, 5) is 12.4. The van der Waals surface area contributed by atoms with Crippen molar-refractivity contribution < 1.29 is 19.8 Å². The van der Waals surface area contributed by atoms with Gasteiger partial charge in [-0.1, -0.05) is 47.5 Å². The number of imidazole rings is 1. The van der Waals surface area contributed by atoms with Crippen molar-refractivity contribution in [3.05, 3.63) is 93.0 Å². The van der Waals surface area contributed by atoms with E-state index >= 15 is 0 Å². The minimum absolute atomic E-state index is 0.224. The molecule has 0 radical (unpaired) electrons. The average Bonchev–Trinajstić information content (AvgIpc) is 3.18. The lowest BCUT2D eigenvalue weighted by molar-refractivity contribution is -0.742. The summed E-state index contributed by atoms with van der Waals surface area (Å²) in [5.74, 6) is 0.821. The van der Waals surface area contributed by atoms with E-state index in [-0.39, 0.29) is 6.10 Å². The number of benzene rings is 2. The maximum Gasteiger partial charge on any atom is 0.291 e. The highest BCUT2D eigenvalue weighted by Gasteiger charge is 2.16. The molecule has 0 aliphatic rings. The van der Waals surface area contributed by atoms with E-state index in [0.717, 1.165) is 11.3 Å². The number of hydrogen-bond acceptors (Lipinski definition) is 5. The molecule has 0 fully saturated rings. The van der Waals surface area contributed by atoms with Gasteiger partial charge in [0.1, 0.15) is 18.5 Å². The zero-order chi connectivity index (χ0) is 21.1. The Bertz CT molecular complexity index is 875. The summed E-state index contributed by atoms with van der Waals surface area (Å²) < 4.78 is 13.7. The van der Waals surface area contributed by atoms with Crippen molar-refractivity contribution in [2.24, 2.45) is 0 Å². The second-order valence-corrected chi connectivity index (χ2v) is 6.53. The molecule has 3 rings (SSSR count). The number of rotatable bonds is 8. The molecule has 0 saturated carbocycles. The van der Waals surface area contributed by atoms with Crippen molar-refractivity contribution in [1.82, 2.24) is 9.55 Å². The molecular formula is C19H19Cl2N3O5. The quantitative estimate of drug-likeness (QED) is 0.310. The van der Waals surface area contributed by atoms with Crippen molar-refractivity contribution >= 4 is 23.2 Å². The first-order valence-electron chi connectivity index (χ1n) is 8.49. The smallest absolute Gasteiger partial charge is 0.291 e. The molecule has 8 nitrogen and oxygen atoms in total. The van der Waals surface area contributed by atoms with Crippen LogP contribution in [0.1, 0.15) is 11.7 Å². The van der Waals surface area contributed by atoms with Crippen LogP contribution < -0.4 is 4.74 Å². The van der Waals surface area contributed by atoms with Crippen LogP contribution in [0, 0.1) is 10.1 Å². The standard InChI is InChI=1S/C19H18Cl2N2O2.HNO3/c20-15-6-7-17(18(21)12-15)19(13-23-9-8-22-14-23)25-11-10-24-16-4-2-1-3-5-16;2-1(3)4/h1-9,12,14,19H,10-11,13H2;(H,2,3,4). The molecule has 1 heterocycles. The monoisotopic (exact) mass is 439 g/mol. The van der Waals surface area contributed by atoms with Crippen LogP contribution in [-0.2, 0) is 11.3 Å². The number of para-hydroxylation sites is 1. The Labute approximate surface area is 177 Å². The Kier molecular flexibility index (Phi) is 9.23. The maximum atomic E-state index is 8.36. The van der Waals surface area contributed by atoms with Crippen LogP contribution >= 0.6 is 23.2 Å². The molecule has 0 saturated heterocycles. The summed E-state index contributed by atoms with van der Waals surface area (Å²) in [6.07, 6.45) is 5.15. The van der Waals surface area contributed by atoms with Crippen LogP contribution in [0.3, 0.4) is 0 Å². The van der Waals surface area contributed by atoms with Gasteiger partial charge < -0.3 is 19.2 Å². The highest BCUT2D eigenvalue weighted by Crippen LogP contribution is 2.29. The van der Waals surface area contributed by atoms with Gasteiger partial charge in [0.15, 0.2) is 0 Å². The van der Waals surface area contributed by atoms with Crippen LogP contribution in [0.5, 0.6) is 5.75 Å².